The highest BCUT2D eigenvalue weighted by Gasteiger charge is 2.15. The Balaban J connectivity index is 1.48. The monoisotopic (exact) mass is 510 g/mol. The number of rotatable bonds is 3. The molecule has 0 spiro atoms. The second-order valence-corrected chi connectivity index (χ2v) is 8.62. The summed E-state index contributed by atoms with van der Waals surface area (Å²) in [6.45, 7) is 0. The van der Waals surface area contributed by atoms with E-state index in [9.17, 15) is 4.79 Å². The Hall–Kier alpha value is -2.86. The first kappa shape index (κ1) is 20.1. The van der Waals surface area contributed by atoms with Crippen LogP contribution in [0.15, 0.2) is 81.7 Å². The van der Waals surface area contributed by atoms with Crippen molar-refractivity contribution in [2.75, 3.05) is 5.32 Å². The number of hydrogen-bond donors (Lipinski definition) is 1. The molecule has 0 aliphatic rings. The Kier molecular flexibility index (Phi) is 5.18. The van der Waals surface area contributed by atoms with Gasteiger partial charge in [0.2, 0.25) is 5.89 Å². The van der Waals surface area contributed by atoms with Crippen molar-refractivity contribution in [3.63, 3.8) is 0 Å². The summed E-state index contributed by atoms with van der Waals surface area (Å²) in [7, 11) is 0. The van der Waals surface area contributed by atoms with Gasteiger partial charge in [-0.3, -0.25) is 4.79 Å². The van der Waals surface area contributed by atoms with Crippen LogP contribution in [-0.2, 0) is 0 Å². The predicted molar refractivity (Wildman–Crippen MR) is 129 cm³/mol. The van der Waals surface area contributed by atoms with Gasteiger partial charge in [0.05, 0.1) is 10.6 Å². The van der Waals surface area contributed by atoms with E-state index >= 15 is 0 Å². The van der Waals surface area contributed by atoms with E-state index in [4.69, 9.17) is 27.6 Å². The molecule has 0 bridgehead atoms. The second kappa shape index (κ2) is 8.00. The zero-order valence-electron chi connectivity index (χ0n) is 15.8. The maximum absolute atomic E-state index is 13.0. The van der Waals surface area contributed by atoms with Crippen LogP contribution in [0.3, 0.4) is 0 Å². The van der Waals surface area contributed by atoms with Crippen LogP contribution in [0.4, 0.5) is 5.69 Å². The predicted octanol–water partition coefficient (Wildman–Crippen LogP) is 7.97. The zero-order valence-corrected chi connectivity index (χ0v) is 18.9. The number of nitrogens with zero attached hydrogens (tertiary/aromatic N) is 1. The Morgan fingerprint density at radius 3 is 2.61 bits per heavy atom. The van der Waals surface area contributed by atoms with Crippen LogP contribution in [0, 0.1) is 0 Å². The van der Waals surface area contributed by atoms with E-state index in [1.54, 1.807) is 42.5 Å². The number of oxazole rings is 1. The first-order valence-corrected chi connectivity index (χ1v) is 10.9. The molecule has 31 heavy (non-hydrogen) atoms. The normalized spacial score (nSPS) is 11.2. The number of hydrogen-bond acceptors (Lipinski definition) is 3. The van der Waals surface area contributed by atoms with E-state index < -0.39 is 0 Å². The van der Waals surface area contributed by atoms with Gasteiger partial charge in [-0.2, -0.15) is 0 Å². The number of benzene rings is 4. The molecule has 5 rings (SSSR count). The van der Waals surface area contributed by atoms with Crippen molar-refractivity contribution in [1.82, 2.24) is 4.98 Å². The minimum Gasteiger partial charge on any atom is -0.436 e. The molecule has 0 unspecified atom stereocenters. The molecule has 0 aliphatic heterocycles. The van der Waals surface area contributed by atoms with Crippen molar-refractivity contribution in [3.8, 4) is 11.5 Å². The number of aromatic nitrogens is 1. The van der Waals surface area contributed by atoms with Crippen LogP contribution < -0.4 is 5.32 Å². The molecule has 0 atom stereocenters. The largest absolute Gasteiger partial charge is 0.436 e. The number of anilines is 1. The van der Waals surface area contributed by atoms with Crippen LogP contribution in [0.25, 0.3) is 33.3 Å². The zero-order chi connectivity index (χ0) is 21.5. The van der Waals surface area contributed by atoms with Gasteiger partial charge in [-0.15, -0.1) is 0 Å². The molecule has 7 heteroatoms. The highest BCUT2D eigenvalue weighted by molar-refractivity contribution is 9.10. The molecule has 5 aromatic rings. The van der Waals surface area contributed by atoms with E-state index in [-0.39, 0.29) is 5.91 Å². The fourth-order valence-corrected chi connectivity index (χ4v) is 4.32. The van der Waals surface area contributed by atoms with Gasteiger partial charge in [0.1, 0.15) is 5.52 Å². The van der Waals surface area contributed by atoms with Gasteiger partial charge in [0, 0.05) is 20.7 Å². The van der Waals surface area contributed by atoms with Crippen LogP contribution in [0.2, 0.25) is 10.0 Å². The molecule has 0 radical (unpaired) electrons. The van der Waals surface area contributed by atoms with Crippen LogP contribution in [-0.4, -0.2) is 10.9 Å². The van der Waals surface area contributed by atoms with Gasteiger partial charge < -0.3 is 9.73 Å². The highest BCUT2D eigenvalue weighted by Crippen LogP contribution is 2.33. The summed E-state index contributed by atoms with van der Waals surface area (Å²) in [5.41, 5.74) is 2.99. The van der Waals surface area contributed by atoms with Crippen LogP contribution >= 0.6 is 39.1 Å². The second-order valence-electron chi connectivity index (χ2n) is 6.92. The van der Waals surface area contributed by atoms with Crippen molar-refractivity contribution < 1.29 is 9.21 Å². The van der Waals surface area contributed by atoms with Crippen LogP contribution in [0.1, 0.15) is 10.4 Å². The molecular weight excluding hydrogens is 499 g/mol. The first-order valence-electron chi connectivity index (χ1n) is 9.34. The summed E-state index contributed by atoms with van der Waals surface area (Å²) in [6, 6.07) is 21.8. The fourth-order valence-electron chi connectivity index (χ4n) is 3.45. The van der Waals surface area contributed by atoms with Gasteiger partial charge in [0.25, 0.3) is 5.91 Å². The molecule has 4 aromatic carbocycles. The third kappa shape index (κ3) is 3.81. The SMILES string of the molecule is O=C(Nc1ccc2oc(-c3cc(Cl)ccc3Cl)nc2c1)c1cccc2c(Br)cccc12. The average molecular weight is 512 g/mol. The Bertz CT molecular complexity index is 1480. The van der Waals surface area contributed by atoms with E-state index in [0.717, 1.165) is 15.2 Å². The number of nitrogens with one attached hydrogen (secondary N) is 1. The molecule has 1 aromatic heterocycles. The third-order valence-electron chi connectivity index (χ3n) is 4.92. The van der Waals surface area contributed by atoms with Gasteiger partial charge >= 0.3 is 0 Å². The number of carbonyl (C=O) groups excluding carboxylic acids is 1. The molecule has 1 amide bonds. The van der Waals surface area contributed by atoms with Crippen molar-refractivity contribution in [2.45, 2.75) is 0 Å². The molecule has 1 heterocycles. The van der Waals surface area contributed by atoms with Gasteiger partial charge in [-0.25, -0.2) is 4.98 Å². The van der Waals surface area contributed by atoms with E-state index in [1.165, 1.54) is 0 Å². The van der Waals surface area contributed by atoms with Gasteiger partial charge in [0.15, 0.2) is 5.58 Å². The summed E-state index contributed by atoms with van der Waals surface area (Å²) >= 11 is 15.9. The van der Waals surface area contributed by atoms with E-state index in [0.29, 0.717) is 43.9 Å². The molecule has 4 nitrogen and oxygen atoms in total. The van der Waals surface area contributed by atoms with Gasteiger partial charge in [-0.05, 0) is 59.3 Å². The quantitative estimate of drug-likeness (QED) is 0.267. The summed E-state index contributed by atoms with van der Waals surface area (Å²) in [5.74, 6) is 0.162. The molecule has 0 saturated heterocycles. The molecule has 152 valence electrons. The van der Waals surface area contributed by atoms with E-state index in [2.05, 4.69) is 26.2 Å². The van der Waals surface area contributed by atoms with Gasteiger partial charge in [-0.1, -0.05) is 63.4 Å². The molecule has 0 aliphatic carbocycles. The van der Waals surface area contributed by atoms with E-state index in [1.807, 2.05) is 30.3 Å². The lowest BCUT2D eigenvalue weighted by Crippen LogP contribution is -2.12. The Morgan fingerprint density at radius 1 is 0.935 bits per heavy atom. The lowest BCUT2D eigenvalue weighted by atomic mass is 10.0. The first-order chi connectivity index (χ1) is 15.0. The smallest absolute Gasteiger partial charge is 0.256 e. The number of fused-ring (bicyclic) bond motifs is 2. The fraction of sp³-hybridized carbons (Fsp3) is 0. The third-order valence-corrected chi connectivity index (χ3v) is 6.17. The van der Waals surface area contributed by atoms with Crippen LogP contribution in [0.5, 0.6) is 0 Å². The molecule has 0 saturated carbocycles. The summed E-state index contributed by atoms with van der Waals surface area (Å²) < 4.78 is 6.77. The maximum Gasteiger partial charge on any atom is 0.256 e. The molecule has 0 fully saturated rings. The summed E-state index contributed by atoms with van der Waals surface area (Å²) in [5, 5.41) is 5.83. The number of carbonyl (C=O) groups is 1. The standard InChI is InChI=1S/C24H13BrCl2N2O2/c25-19-6-2-3-15-16(19)4-1-5-17(15)23(30)28-14-8-10-22-21(12-14)29-24(31-22)18-11-13(26)7-9-20(18)27/h1-12H,(H,28,30). The minimum absolute atomic E-state index is 0.204. The highest BCUT2D eigenvalue weighted by atomic mass is 79.9. The van der Waals surface area contributed by atoms with Crippen molar-refractivity contribution >= 4 is 72.6 Å². The molecular formula is C24H13BrCl2N2O2. The Morgan fingerprint density at radius 2 is 1.74 bits per heavy atom. The van der Waals surface area contributed by atoms with Crippen molar-refractivity contribution in [3.05, 3.63) is 92.9 Å². The average Bonchev–Trinajstić information content (AvgIpc) is 3.18. The van der Waals surface area contributed by atoms with Crippen molar-refractivity contribution in [2.24, 2.45) is 0 Å². The lowest BCUT2D eigenvalue weighted by Gasteiger charge is -2.09. The maximum atomic E-state index is 13.0. The number of halogens is 3. The number of amides is 1. The minimum atomic E-state index is -0.204. The topological polar surface area (TPSA) is 55.1 Å². The lowest BCUT2D eigenvalue weighted by molar-refractivity contribution is 0.102. The Labute approximate surface area is 195 Å². The van der Waals surface area contributed by atoms with Crippen molar-refractivity contribution in [1.29, 1.82) is 0 Å². The summed E-state index contributed by atoms with van der Waals surface area (Å²) in [4.78, 5) is 17.5. The summed E-state index contributed by atoms with van der Waals surface area (Å²) in [6.07, 6.45) is 0. The molecule has 1 N–H and O–H groups in total.